The molecule has 0 aromatic heterocycles. The average molecular weight is 348 g/mol. The van der Waals surface area contributed by atoms with Crippen LogP contribution < -0.4 is 5.48 Å². The smallest absolute Gasteiger partial charge is 0.254 e. The Bertz CT molecular complexity index is 510. The number of piperidine rings is 1. The number of hydrogen-bond acceptors (Lipinski definition) is 2. The molecule has 1 fully saturated rings. The standard InChI is InChI=1S/C13H16BrF2N3O/c1-9-8-19(6-5-13(9,15)16)12(18-20)17-11-4-2-3-10(14)7-11/h2-4,7,9,20H,5-6,8H2,1H3,(H,17,18). The molecule has 0 amide bonds. The van der Waals surface area contributed by atoms with Gasteiger partial charge in [-0.25, -0.2) is 19.3 Å². The lowest BCUT2D eigenvalue weighted by Crippen LogP contribution is -2.51. The molecule has 1 unspecified atom stereocenters. The van der Waals surface area contributed by atoms with Gasteiger partial charge in [0.15, 0.2) is 0 Å². The first kappa shape index (κ1) is 15.2. The molecule has 1 aliphatic rings. The summed E-state index contributed by atoms with van der Waals surface area (Å²) in [6, 6.07) is 7.21. The van der Waals surface area contributed by atoms with Gasteiger partial charge >= 0.3 is 0 Å². The molecule has 1 saturated heterocycles. The van der Waals surface area contributed by atoms with Gasteiger partial charge in [0.05, 0.1) is 5.69 Å². The van der Waals surface area contributed by atoms with E-state index in [0.29, 0.717) is 5.69 Å². The van der Waals surface area contributed by atoms with Crippen molar-refractivity contribution >= 4 is 27.6 Å². The van der Waals surface area contributed by atoms with E-state index < -0.39 is 11.8 Å². The maximum absolute atomic E-state index is 13.5. The van der Waals surface area contributed by atoms with Crippen molar-refractivity contribution in [3.63, 3.8) is 0 Å². The number of alkyl halides is 2. The van der Waals surface area contributed by atoms with Gasteiger partial charge in [-0.05, 0) is 18.2 Å². The van der Waals surface area contributed by atoms with Crippen molar-refractivity contribution in [2.24, 2.45) is 10.9 Å². The van der Waals surface area contributed by atoms with Crippen LogP contribution in [-0.4, -0.2) is 35.1 Å². The summed E-state index contributed by atoms with van der Waals surface area (Å²) in [5, 5.41) is 9.20. The zero-order valence-corrected chi connectivity index (χ0v) is 12.6. The summed E-state index contributed by atoms with van der Waals surface area (Å²) in [6.07, 6.45) is -0.243. The first-order valence-corrected chi connectivity index (χ1v) is 7.09. The van der Waals surface area contributed by atoms with E-state index in [1.807, 2.05) is 17.6 Å². The molecule has 1 heterocycles. The summed E-state index contributed by atoms with van der Waals surface area (Å²) in [4.78, 5) is 5.88. The Morgan fingerprint density at radius 2 is 2.30 bits per heavy atom. The lowest BCUT2D eigenvalue weighted by atomic mass is 9.96. The number of hydrogen-bond donors (Lipinski definition) is 2. The molecule has 0 saturated carbocycles. The molecule has 0 aliphatic carbocycles. The molecule has 110 valence electrons. The third kappa shape index (κ3) is 3.46. The number of rotatable bonds is 1. The molecular formula is C13H16BrF2N3O. The molecule has 2 N–H and O–H groups in total. The topological polar surface area (TPSA) is 47.9 Å². The van der Waals surface area contributed by atoms with Crippen LogP contribution in [0.2, 0.25) is 0 Å². The monoisotopic (exact) mass is 347 g/mol. The summed E-state index contributed by atoms with van der Waals surface area (Å²) >= 11 is 3.33. The molecule has 4 nitrogen and oxygen atoms in total. The predicted octanol–water partition coefficient (Wildman–Crippen LogP) is 3.39. The van der Waals surface area contributed by atoms with Crippen molar-refractivity contribution in [1.29, 1.82) is 0 Å². The fourth-order valence-corrected chi connectivity index (χ4v) is 2.50. The minimum Gasteiger partial charge on any atom is -0.340 e. The number of nitrogens with one attached hydrogen (secondary N) is 1. The maximum atomic E-state index is 13.5. The summed E-state index contributed by atoms with van der Waals surface area (Å²) in [5.41, 5.74) is 2.63. The third-order valence-corrected chi connectivity index (χ3v) is 3.87. The van der Waals surface area contributed by atoms with E-state index >= 15 is 0 Å². The molecule has 1 aromatic rings. The number of hydroxylamine groups is 1. The highest BCUT2D eigenvalue weighted by Gasteiger charge is 2.41. The zero-order valence-electron chi connectivity index (χ0n) is 11.0. The van der Waals surface area contributed by atoms with Crippen molar-refractivity contribution in [1.82, 2.24) is 10.4 Å². The van der Waals surface area contributed by atoms with Gasteiger partial charge in [-0.2, -0.15) is 0 Å². The number of likely N-dealkylation sites (tertiary alicyclic amines) is 1. The zero-order chi connectivity index (χ0) is 14.8. The van der Waals surface area contributed by atoms with E-state index in [1.165, 1.54) is 6.92 Å². The number of halogens is 3. The van der Waals surface area contributed by atoms with Crippen LogP contribution in [0.4, 0.5) is 14.5 Å². The lowest BCUT2D eigenvalue weighted by Gasteiger charge is -2.37. The maximum Gasteiger partial charge on any atom is 0.254 e. The van der Waals surface area contributed by atoms with Crippen LogP contribution in [0, 0.1) is 5.92 Å². The van der Waals surface area contributed by atoms with E-state index in [9.17, 15) is 14.0 Å². The minimum absolute atomic E-state index is 0.146. The Kier molecular flexibility index (Phi) is 4.59. The molecule has 7 heteroatoms. The Morgan fingerprint density at radius 3 is 2.90 bits per heavy atom. The van der Waals surface area contributed by atoms with Gasteiger partial charge in [0.1, 0.15) is 0 Å². The molecule has 0 bridgehead atoms. The Morgan fingerprint density at radius 1 is 1.55 bits per heavy atom. The van der Waals surface area contributed by atoms with Gasteiger partial charge in [0.25, 0.3) is 5.92 Å². The first-order valence-electron chi connectivity index (χ1n) is 6.29. The summed E-state index contributed by atoms with van der Waals surface area (Å²) in [6.45, 7) is 1.80. The van der Waals surface area contributed by atoms with E-state index in [-0.39, 0.29) is 25.5 Å². The van der Waals surface area contributed by atoms with Gasteiger partial charge in [0.2, 0.25) is 5.96 Å². The van der Waals surface area contributed by atoms with Crippen LogP contribution in [0.5, 0.6) is 0 Å². The van der Waals surface area contributed by atoms with Crippen molar-refractivity contribution in [2.75, 3.05) is 13.1 Å². The first-order chi connectivity index (χ1) is 9.42. The highest BCUT2D eigenvalue weighted by Crippen LogP contribution is 2.33. The quantitative estimate of drug-likeness (QED) is 0.465. The van der Waals surface area contributed by atoms with Gasteiger partial charge < -0.3 is 4.90 Å². The van der Waals surface area contributed by atoms with Crippen LogP contribution >= 0.6 is 15.9 Å². The lowest BCUT2D eigenvalue weighted by molar-refractivity contribution is -0.0890. The predicted molar refractivity (Wildman–Crippen MR) is 76.5 cm³/mol. The second-order valence-electron chi connectivity index (χ2n) is 4.89. The van der Waals surface area contributed by atoms with Crippen LogP contribution in [0.3, 0.4) is 0 Å². The van der Waals surface area contributed by atoms with Gasteiger partial charge in [-0.15, -0.1) is 0 Å². The Balaban J connectivity index is 2.17. The second-order valence-corrected chi connectivity index (χ2v) is 5.80. The fourth-order valence-electron chi connectivity index (χ4n) is 2.11. The van der Waals surface area contributed by atoms with E-state index in [4.69, 9.17) is 0 Å². The molecule has 1 aromatic carbocycles. The number of nitrogens with zero attached hydrogens (tertiary/aromatic N) is 2. The molecule has 1 atom stereocenters. The number of benzene rings is 1. The molecule has 20 heavy (non-hydrogen) atoms. The van der Waals surface area contributed by atoms with Gasteiger partial charge in [-0.3, -0.25) is 5.21 Å². The van der Waals surface area contributed by atoms with Crippen molar-refractivity contribution in [3.8, 4) is 0 Å². The SMILES string of the molecule is CC1CN(C(=Nc2cccc(Br)c2)NO)CCC1(F)F. The van der Waals surface area contributed by atoms with Gasteiger partial charge in [-0.1, -0.05) is 28.9 Å². The molecular weight excluding hydrogens is 332 g/mol. The Labute approximate surface area is 124 Å². The van der Waals surface area contributed by atoms with E-state index in [0.717, 1.165) is 4.47 Å². The average Bonchev–Trinajstić information content (AvgIpc) is 2.39. The van der Waals surface area contributed by atoms with Crippen molar-refractivity contribution in [3.05, 3.63) is 28.7 Å². The summed E-state index contributed by atoms with van der Waals surface area (Å²) in [7, 11) is 0. The summed E-state index contributed by atoms with van der Waals surface area (Å²) in [5.74, 6) is -3.25. The molecule has 0 radical (unpaired) electrons. The van der Waals surface area contributed by atoms with Crippen LogP contribution in [0.1, 0.15) is 13.3 Å². The molecule has 1 aliphatic heterocycles. The minimum atomic E-state index is -2.66. The third-order valence-electron chi connectivity index (χ3n) is 3.37. The van der Waals surface area contributed by atoms with Crippen molar-refractivity contribution in [2.45, 2.75) is 19.3 Å². The number of guanidine groups is 1. The second kappa shape index (κ2) is 6.05. The van der Waals surface area contributed by atoms with Crippen molar-refractivity contribution < 1.29 is 14.0 Å². The summed E-state index contributed by atoms with van der Waals surface area (Å²) < 4.78 is 27.8. The molecule has 2 rings (SSSR count). The largest absolute Gasteiger partial charge is 0.340 e. The normalized spacial score (nSPS) is 22.8. The van der Waals surface area contributed by atoms with E-state index in [1.54, 1.807) is 17.0 Å². The number of aliphatic imine (C=N–C) groups is 1. The van der Waals surface area contributed by atoms with E-state index in [2.05, 4.69) is 20.9 Å². The molecule has 0 spiro atoms. The van der Waals surface area contributed by atoms with Gasteiger partial charge in [0, 0.05) is 29.9 Å². The fraction of sp³-hybridized carbons (Fsp3) is 0.462. The highest BCUT2D eigenvalue weighted by molar-refractivity contribution is 9.10. The van der Waals surface area contributed by atoms with Crippen LogP contribution in [0.15, 0.2) is 33.7 Å². The highest BCUT2D eigenvalue weighted by atomic mass is 79.9. The van der Waals surface area contributed by atoms with Crippen LogP contribution in [-0.2, 0) is 0 Å². The Hall–Kier alpha value is -1.21. The van der Waals surface area contributed by atoms with Crippen LogP contribution in [0.25, 0.3) is 0 Å².